The van der Waals surface area contributed by atoms with Crippen LogP contribution in [0.15, 0.2) is 36.7 Å². The van der Waals surface area contributed by atoms with Gasteiger partial charge in [0, 0.05) is 31.7 Å². The molecule has 2 aromatic heterocycles. The van der Waals surface area contributed by atoms with Gasteiger partial charge in [-0.05, 0) is 30.7 Å². The van der Waals surface area contributed by atoms with Crippen LogP contribution in [0, 0.1) is 12.8 Å². The van der Waals surface area contributed by atoms with Crippen molar-refractivity contribution in [3.63, 3.8) is 0 Å². The summed E-state index contributed by atoms with van der Waals surface area (Å²) in [4.78, 5) is 21.2. The molecule has 1 amide bonds. The number of carbonyl (C=O) groups excluding carboxylic acids is 1. The molecule has 4 rings (SSSR count). The number of hydrogen-bond acceptors (Lipinski definition) is 5. The predicted octanol–water partition coefficient (Wildman–Crippen LogP) is 2.89. The van der Waals surface area contributed by atoms with Crippen molar-refractivity contribution in [2.24, 2.45) is 5.92 Å². The summed E-state index contributed by atoms with van der Waals surface area (Å²) in [5.74, 6) is -0.486. The third-order valence-corrected chi connectivity index (χ3v) is 5.11. The number of carbonyl (C=O) groups is 1. The Labute approximate surface area is 152 Å². The standard InChI is InChI=1S/C19H20FN3O3.H2/c1-10-7-11(5-6-21-10)16-17(14-8-13(20)18(16)26-14)19(24)23-12-3-4-15(25-2)22-9-12;/h3-7,9,13-14,16-18H,8H2,1-2H3,(H,23,24);1H/t13-,14-,16-,17-,18+;/m1./s1. The van der Waals surface area contributed by atoms with Crippen molar-refractivity contribution in [2.45, 2.75) is 37.6 Å². The van der Waals surface area contributed by atoms with Crippen molar-refractivity contribution in [1.29, 1.82) is 0 Å². The van der Waals surface area contributed by atoms with Crippen LogP contribution in [0.1, 0.15) is 25.0 Å². The van der Waals surface area contributed by atoms with Crippen molar-refractivity contribution in [1.82, 2.24) is 9.97 Å². The molecule has 0 spiro atoms. The molecule has 4 heterocycles. The maximum absolute atomic E-state index is 14.3. The predicted molar refractivity (Wildman–Crippen MR) is 94.9 cm³/mol. The highest BCUT2D eigenvalue weighted by molar-refractivity contribution is 5.94. The summed E-state index contributed by atoms with van der Waals surface area (Å²) in [6, 6.07) is 7.13. The second-order valence-corrected chi connectivity index (χ2v) is 6.75. The number of rotatable bonds is 4. The molecule has 2 saturated heterocycles. The molecule has 138 valence electrons. The largest absolute Gasteiger partial charge is 0.481 e. The zero-order valence-corrected chi connectivity index (χ0v) is 14.6. The van der Waals surface area contributed by atoms with Crippen LogP contribution in [0.3, 0.4) is 0 Å². The quantitative estimate of drug-likeness (QED) is 0.909. The fourth-order valence-corrected chi connectivity index (χ4v) is 3.98. The van der Waals surface area contributed by atoms with Gasteiger partial charge in [0.25, 0.3) is 0 Å². The molecule has 0 aliphatic carbocycles. The molecule has 0 saturated carbocycles. The first-order chi connectivity index (χ1) is 12.6. The number of anilines is 1. The Morgan fingerprint density at radius 2 is 2.23 bits per heavy atom. The molecule has 6 nitrogen and oxygen atoms in total. The number of nitrogens with one attached hydrogen (secondary N) is 1. The molecule has 0 aromatic carbocycles. The minimum atomic E-state index is -1.05. The smallest absolute Gasteiger partial charge is 0.230 e. The lowest BCUT2D eigenvalue weighted by Gasteiger charge is -2.29. The molecule has 26 heavy (non-hydrogen) atoms. The number of hydrogen-bond donors (Lipinski definition) is 1. The number of aryl methyl sites for hydroxylation is 1. The van der Waals surface area contributed by atoms with Crippen LogP contribution in [-0.2, 0) is 9.53 Å². The van der Waals surface area contributed by atoms with E-state index in [0.29, 0.717) is 11.6 Å². The van der Waals surface area contributed by atoms with Crippen LogP contribution >= 0.6 is 0 Å². The molecule has 0 unspecified atom stereocenters. The highest BCUT2D eigenvalue weighted by Gasteiger charge is 2.57. The number of halogens is 1. The van der Waals surface area contributed by atoms with Gasteiger partial charge in [-0.3, -0.25) is 9.78 Å². The Morgan fingerprint density at radius 1 is 1.38 bits per heavy atom. The molecule has 5 atom stereocenters. The lowest BCUT2D eigenvalue weighted by atomic mass is 9.74. The maximum Gasteiger partial charge on any atom is 0.230 e. The van der Waals surface area contributed by atoms with Crippen molar-refractivity contribution >= 4 is 11.6 Å². The molecular weight excluding hydrogens is 337 g/mol. The Kier molecular flexibility index (Phi) is 4.32. The van der Waals surface area contributed by atoms with Crippen molar-refractivity contribution < 1.29 is 20.1 Å². The van der Waals surface area contributed by atoms with E-state index >= 15 is 0 Å². The summed E-state index contributed by atoms with van der Waals surface area (Å²) in [7, 11) is 1.53. The van der Waals surface area contributed by atoms with Gasteiger partial charge in [-0.1, -0.05) is 0 Å². The van der Waals surface area contributed by atoms with E-state index in [9.17, 15) is 9.18 Å². The lowest BCUT2D eigenvalue weighted by molar-refractivity contribution is -0.121. The fraction of sp³-hybridized carbons (Fsp3) is 0.421. The summed E-state index contributed by atoms with van der Waals surface area (Å²) >= 11 is 0. The molecule has 2 bridgehead atoms. The summed E-state index contributed by atoms with van der Waals surface area (Å²) < 4.78 is 25.1. The molecule has 1 N–H and O–H groups in total. The van der Waals surface area contributed by atoms with Crippen LogP contribution in [0.4, 0.5) is 10.1 Å². The topological polar surface area (TPSA) is 73.3 Å². The van der Waals surface area contributed by atoms with Crippen LogP contribution in [0.5, 0.6) is 5.88 Å². The lowest BCUT2D eigenvalue weighted by Crippen LogP contribution is -2.39. The van der Waals surface area contributed by atoms with Gasteiger partial charge in [0.15, 0.2) is 0 Å². The molecule has 2 fully saturated rings. The van der Waals surface area contributed by atoms with Gasteiger partial charge in [-0.15, -0.1) is 0 Å². The number of aromatic nitrogens is 2. The number of nitrogens with zero attached hydrogens (tertiary/aromatic N) is 2. The zero-order valence-electron chi connectivity index (χ0n) is 14.6. The first-order valence-corrected chi connectivity index (χ1v) is 8.60. The van der Waals surface area contributed by atoms with E-state index in [1.807, 2.05) is 19.1 Å². The molecule has 7 heteroatoms. The number of methoxy groups -OCH3 is 1. The van der Waals surface area contributed by atoms with Crippen molar-refractivity contribution in [3.8, 4) is 5.88 Å². The van der Waals surface area contributed by atoms with Gasteiger partial charge >= 0.3 is 0 Å². The highest BCUT2D eigenvalue weighted by atomic mass is 19.1. The van der Waals surface area contributed by atoms with Crippen LogP contribution in [0.25, 0.3) is 0 Å². The van der Waals surface area contributed by atoms with E-state index in [-0.39, 0.29) is 19.7 Å². The van der Waals surface area contributed by atoms with E-state index in [4.69, 9.17) is 9.47 Å². The SMILES string of the molecule is COc1ccc(NC(=O)[C@H]2[C@@H](c3ccnc(C)c3)[C@H]3O[C@@H]2C[C@H]3F)cn1.[HH]. The molecule has 2 aliphatic rings. The summed E-state index contributed by atoms with van der Waals surface area (Å²) in [5.41, 5.74) is 2.29. The average Bonchev–Trinajstić information content (AvgIpc) is 3.19. The zero-order chi connectivity index (χ0) is 18.3. The Morgan fingerprint density at radius 3 is 2.92 bits per heavy atom. The van der Waals surface area contributed by atoms with Gasteiger partial charge in [0.2, 0.25) is 11.8 Å². The first kappa shape index (κ1) is 16.9. The summed E-state index contributed by atoms with van der Waals surface area (Å²) in [6.07, 6.45) is 1.42. The number of amides is 1. The number of ether oxygens (including phenoxy) is 2. The summed E-state index contributed by atoms with van der Waals surface area (Å²) in [5, 5.41) is 2.87. The van der Waals surface area contributed by atoms with Crippen molar-refractivity contribution in [2.75, 3.05) is 12.4 Å². The monoisotopic (exact) mass is 359 g/mol. The molecular formula is C19H22FN3O3. The van der Waals surface area contributed by atoms with Gasteiger partial charge in [-0.25, -0.2) is 9.37 Å². The van der Waals surface area contributed by atoms with Crippen LogP contribution in [-0.4, -0.2) is 41.4 Å². The molecule has 2 aromatic rings. The van der Waals surface area contributed by atoms with E-state index in [1.165, 1.54) is 13.3 Å². The third-order valence-electron chi connectivity index (χ3n) is 5.11. The van der Waals surface area contributed by atoms with Gasteiger partial charge < -0.3 is 14.8 Å². The normalized spacial score (nSPS) is 29.6. The second kappa shape index (κ2) is 6.64. The first-order valence-electron chi connectivity index (χ1n) is 8.60. The molecule has 0 radical (unpaired) electrons. The molecule has 2 aliphatic heterocycles. The van der Waals surface area contributed by atoms with Crippen LogP contribution in [0.2, 0.25) is 0 Å². The van der Waals surface area contributed by atoms with E-state index in [2.05, 4.69) is 15.3 Å². The minimum absolute atomic E-state index is 0. The van der Waals surface area contributed by atoms with E-state index in [1.54, 1.807) is 18.3 Å². The van der Waals surface area contributed by atoms with E-state index in [0.717, 1.165) is 11.3 Å². The number of fused-ring (bicyclic) bond motifs is 2. The van der Waals surface area contributed by atoms with Gasteiger partial charge in [-0.2, -0.15) is 0 Å². The Bertz CT molecular complexity index is 820. The van der Waals surface area contributed by atoms with Gasteiger partial charge in [0.05, 0.1) is 37.1 Å². The number of alkyl halides is 1. The second-order valence-electron chi connectivity index (χ2n) is 6.75. The Balaban J connectivity index is 0.00000210. The third kappa shape index (κ3) is 2.92. The Hall–Kier alpha value is -2.54. The number of pyridine rings is 2. The van der Waals surface area contributed by atoms with Crippen LogP contribution < -0.4 is 10.1 Å². The average molecular weight is 359 g/mol. The maximum atomic E-state index is 14.3. The van der Waals surface area contributed by atoms with Gasteiger partial charge in [0.1, 0.15) is 6.17 Å². The minimum Gasteiger partial charge on any atom is -0.481 e. The van der Waals surface area contributed by atoms with Crippen molar-refractivity contribution in [3.05, 3.63) is 47.9 Å². The van der Waals surface area contributed by atoms with E-state index < -0.39 is 24.3 Å². The highest BCUT2D eigenvalue weighted by Crippen LogP contribution is 2.50. The summed E-state index contributed by atoms with van der Waals surface area (Å²) in [6.45, 7) is 1.88. The fourth-order valence-electron chi connectivity index (χ4n) is 3.98.